The van der Waals surface area contributed by atoms with E-state index in [0.717, 1.165) is 0 Å². The first kappa shape index (κ1) is 15.9. The summed E-state index contributed by atoms with van der Waals surface area (Å²) in [5, 5.41) is 0. The largest absolute Gasteiger partial charge is 0.454 e. The molecule has 4 rings (SSSR count). The van der Waals surface area contributed by atoms with Gasteiger partial charge in [0.25, 0.3) is 5.91 Å². The van der Waals surface area contributed by atoms with Crippen LogP contribution in [-0.4, -0.2) is 24.6 Å². The lowest BCUT2D eigenvalue weighted by molar-refractivity contribution is -0.123. The second-order valence-corrected chi connectivity index (χ2v) is 5.76. The van der Waals surface area contributed by atoms with Crippen LogP contribution in [0.4, 0.5) is 0 Å². The molecule has 0 aliphatic carbocycles. The number of ether oxygens (including phenoxy) is 3. The Hall–Kier alpha value is -3.55. The molecule has 0 unspecified atom stereocenters. The van der Waals surface area contributed by atoms with Gasteiger partial charge in [0.2, 0.25) is 12.7 Å². The molecule has 8 nitrogen and oxygen atoms in total. The first-order chi connectivity index (χ1) is 12.6. The van der Waals surface area contributed by atoms with Gasteiger partial charge in [-0.2, -0.15) is 0 Å². The quantitative estimate of drug-likeness (QED) is 0.639. The summed E-state index contributed by atoms with van der Waals surface area (Å²) in [4.78, 5) is 36.0. The highest BCUT2D eigenvalue weighted by molar-refractivity contribution is 5.97. The van der Waals surface area contributed by atoms with Gasteiger partial charge < -0.3 is 14.2 Å². The maximum Gasteiger partial charge on any atom is 0.339 e. The summed E-state index contributed by atoms with van der Waals surface area (Å²) in [6.07, 6.45) is -0.759. The van der Waals surface area contributed by atoms with E-state index in [4.69, 9.17) is 14.2 Å². The van der Waals surface area contributed by atoms with Crippen molar-refractivity contribution in [2.75, 3.05) is 6.79 Å². The third kappa shape index (κ3) is 2.92. The molecule has 0 aromatic heterocycles. The molecule has 26 heavy (non-hydrogen) atoms. The van der Waals surface area contributed by atoms with Crippen LogP contribution in [0.3, 0.4) is 0 Å². The van der Waals surface area contributed by atoms with Gasteiger partial charge in [-0.15, -0.1) is 0 Å². The Bertz CT molecular complexity index is 910. The normalized spacial score (nSPS) is 16.6. The average molecular weight is 354 g/mol. The Kier molecular flexibility index (Phi) is 3.92. The highest BCUT2D eigenvalue weighted by Crippen LogP contribution is 2.33. The lowest BCUT2D eigenvalue weighted by Crippen LogP contribution is -2.42. The summed E-state index contributed by atoms with van der Waals surface area (Å²) in [6.45, 7) is 0.110. The Morgan fingerprint density at radius 3 is 2.73 bits per heavy atom. The van der Waals surface area contributed by atoms with Gasteiger partial charge in [0.15, 0.2) is 11.5 Å². The number of cyclic esters (lactones) is 1. The molecule has 2 N–H and O–H groups in total. The minimum atomic E-state index is -0.666. The summed E-state index contributed by atoms with van der Waals surface area (Å²) in [5.41, 5.74) is 6.07. The zero-order valence-electron chi connectivity index (χ0n) is 13.5. The molecule has 0 fully saturated rings. The van der Waals surface area contributed by atoms with Gasteiger partial charge in [-0.3, -0.25) is 20.4 Å². The van der Waals surface area contributed by atoms with Crippen molar-refractivity contribution in [3.05, 3.63) is 59.2 Å². The second kappa shape index (κ2) is 6.40. The number of carbonyl (C=O) groups is 3. The fourth-order valence-corrected chi connectivity index (χ4v) is 2.83. The molecule has 2 aliphatic heterocycles. The van der Waals surface area contributed by atoms with Gasteiger partial charge in [0, 0.05) is 11.1 Å². The van der Waals surface area contributed by atoms with Crippen LogP contribution < -0.4 is 20.3 Å². The van der Waals surface area contributed by atoms with Crippen LogP contribution in [0.15, 0.2) is 42.5 Å². The van der Waals surface area contributed by atoms with Crippen LogP contribution in [0.1, 0.15) is 38.8 Å². The molecule has 2 aromatic carbocycles. The van der Waals surface area contributed by atoms with E-state index in [9.17, 15) is 14.4 Å². The maximum absolute atomic E-state index is 12.1. The van der Waals surface area contributed by atoms with Gasteiger partial charge in [-0.1, -0.05) is 18.2 Å². The predicted octanol–water partition coefficient (Wildman–Crippen LogP) is 1.48. The van der Waals surface area contributed by atoms with Gasteiger partial charge >= 0.3 is 5.97 Å². The summed E-state index contributed by atoms with van der Waals surface area (Å²) in [7, 11) is 0. The van der Waals surface area contributed by atoms with Crippen LogP contribution >= 0.6 is 0 Å². The highest BCUT2D eigenvalue weighted by Gasteiger charge is 2.32. The number of carbonyl (C=O) groups excluding carboxylic acids is 3. The Balaban J connectivity index is 1.35. The molecule has 0 spiro atoms. The fourth-order valence-electron chi connectivity index (χ4n) is 2.83. The molecule has 8 heteroatoms. The molecule has 0 radical (unpaired) electrons. The number of hydrazine groups is 1. The molecule has 2 heterocycles. The molecule has 0 bridgehead atoms. The number of hydrogen-bond donors (Lipinski definition) is 2. The van der Waals surface area contributed by atoms with Gasteiger partial charge in [0.05, 0.1) is 12.0 Å². The number of rotatable bonds is 3. The summed E-state index contributed by atoms with van der Waals surface area (Å²) < 4.78 is 15.6. The van der Waals surface area contributed by atoms with Crippen molar-refractivity contribution >= 4 is 17.8 Å². The van der Waals surface area contributed by atoms with Gasteiger partial charge in [-0.25, -0.2) is 4.79 Å². The zero-order valence-corrected chi connectivity index (χ0v) is 13.5. The van der Waals surface area contributed by atoms with E-state index in [2.05, 4.69) is 10.9 Å². The van der Waals surface area contributed by atoms with E-state index < -0.39 is 23.9 Å². The van der Waals surface area contributed by atoms with E-state index in [-0.39, 0.29) is 13.2 Å². The summed E-state index contributed by atoms with van der Waals surface area (Å²) in [5.74, 6) is -0.400. The van der Waals surface area contributed by atoms with Crippen molar-refractivity contribution in [1.82, 2.24) is 10.9 Å². The van der Waals surface area contributed by atoms with Crippen molar-refractivity contribution in [3.63, 3.8) is 0 Å². The fraction of sp³-hybridized carbons (Fsp3) is 0.167. The number of amides is 2. The van der Waals surface area contributed by atoms with Gasteiger partial charge in [-0.05, 0) is 24.3 Å². The molecule has 132 valence electrons. The van der Waals surface area contributed by atoms with E-state index in [1.165, 1.54) is 6.07 Å². The Morgan fingerprint density at radius 2 is 1.85 bits per heavy atom. The average Bonchev–Trinajstić information content (AvgIpc) is 3.24. The number of esters is 1. The number of nitrogens with one attached hydrogen (secondary N) is 2. The van der Waals surface area contributed by atoms with Crippen LogP contribution in [0.25, 0.3) is 0 Å². The van der Waals surface area contributed by atoms with Crippen LogP contribution in [-0.2, 0) is 9.53 Å². The third-order valence-corrected chi connectivity index (χ3v) is 4.10. The minimum absolute atomic E-state index is 0.0931. The van der Waals surface area contributed by atoms with Crippen molar-refractivity contribution in [2.24, 2.45) is 0 Å². The van der Waals surface area contributed by atoms with Gasteiger partial charge in [0.1, 0.15) is 6.10 Å². The maximum atomic E-state index is 12.1. The number of hydrogen-bond acceptors (Lipinski definition) is 6. The molecule has 0 saturated carbocycles. The van der Waals surface area contributed by atoms with Crippen molar-refractivity contribution < 1.29 is 28.6 Å². The molecule has 2 aliphatic rings. The van der Waals surface area contributed by atoms with Crippen LogP contribution in [0.5, 0.6) is 11.5 Å². The first-order valence-corrected chi connectivity index (χ1v) is 7.90. The summed E-state index contributed by atoms with van der Waals surface area (Å²) >= 11 is 0. The van der Waals surface area contributed by atoms with Crippen molar-refractivity contribution in [1.29, 1.82) is 0 Å². The standard InChI is InChI=1S/C18H14N2O6/c21-16(8-14-11-3-1-2-4-12(11)18(23)26-14)19-20-17(22)10-5-6-13-15(7-10)25-9-24-13/h1-7,14H,8-9H2,(H,19,21)(H,20,22)/t14-/m0/s1. The van der Waals surface area contributed by atoms with E-state index in [1.807, 2.05) is 0 Å². The third-order valence-electron chi connectivity index (χ3n) is 4.10. The Labute approximate surface area is 148 Å². The van der Waals surface area contributed by atoms with E-state index in [1.54, 1.807) is 36.4 Å². The topological polar surface area (TPSA) is 103 Å². The zero-order chi connectivity index (χ0) is 18.1. The minimum Gasteiger partial charge on any atom is -0.454 e. The molecule has 2 amide bonds. The molecular weight excluding hydrogens is 340 g/mol. The molecule has 2 aromatic rings. The van der Waals surface area contributed by atoms with Crippen LogP contribution in [0.2, 0.25) is 0 Å². The highest BCUT2D eigenvalue weighted by atomic mass is 16.7. The van der Waals surface area contributed by atoms with E-state index in [0.29, 0.717) is 28.2 Å². The SMILES string of the molecule is O=C(C[C@@H]1OC(=O)c2ccccc21)NNC(=O)c1ccc2c(c1)OCO2. The predicted molar refractivity (Wildman–Crippen MR) is 87.4 cm³/mol. The van der Waals surface area contributed by atoms with Crippen LogP contribution in [0, 0.1) is 0 Å². The smallest absolute Gasteiger partial charge is 0.339 e. The first-order valence-electron chi connectivity index (χ1n) is 7.90. The van der Waals surface area contributed by atoms with E-state index >= 15 is 0 Å². The molecular formula is C18H14N2O6. The summed E-state index contributed by atoms with van der Waals surface area (Å²) in [6, 6.07) is 11.6. The van der Waals surface area contributed by atoms with Crippen molar-refractivity contribution in [2.45, 2.75) is 12.5 Å². The number of benzene rings is 2. The lowest BCUT2D eigenvalue weighted by Gasteiger charge is -2.12. The second-order valence-electron chi connectivity index (χ2n) is 5.76. The number of fused-ring (bicyclic) bond motifs is 2. The monoisotopic (exact) mass is 354 g/mol. The molecule has 0 saturated heterocycles. The lowest BCUT2D eigenvalue weighted by atomic mass is 10.0. The molecule has 1 atom stereocenters. The Morgan fingerprint density at radius 1 is 1.04 bits per heavy atom. The van der Waals surface area contributed by atoms with Crippen molar-refractivity contribution in [3.8, 4) is 11.5 Å².